The Bertz CT molecular complexity index is 589. The smallest absolute Gasteiger partial charge is 0.322 e. The number of nitrogens with one attached hydrogen (secondary N) is 1. The molecular formula is C13H19NO6S. The zero-order chi connectivity index (χ0) is 16.2. The molecule has 2 N–H and O–H groups in total. The van der Waals surface area contributed by atoms with Gasteiger partial charge in [0.15, 0.2) is 4.90 Å². The van der Waals surface area contributed by atoms with Crippen LogP contribution in [0.2, 0.25) is 0 Å². The minimum atomic E-state index is -4.12. The Morgan fingerprint density at radius 2 is 1.67 bits per heavy atom. The molecule has 0 saturated carbocycles. The van der Waals surface area contributed by atoms with E-state index in [0.717, 1.165) is 0 Å². The molecule has 0 radical (unpaired) electrons. The van der Waals surface area contributed by atoms with Crippen LogP contribution < -0.4 is 14.2 Å². The fourth-order valence-electron chi connectivity index (χ4n) is 1.78. The third kappa shape index (κ3) is 3.85. The SMILES string of the molecule is COc1cccc(OC)c1S(=O)(=O)NC(C(=O)O)C(C)C. The summed E-state index contributed by atoms with van der Waals surface area (Å²) in [7, 11) is -1.47. The lowest BCUT2D eigenvalue weighted by Gasteiger charge is -2.20. The van der Waals surface area contributed by atoms with Crippen molar-refractivity contribution in [2.24, 2.45) is 5.92 Å². The van der Waals surface area contributed by atoms with E-state index in [1.165, 1.54) is 26.4 Å². The lowest BCUT2D eigenvalue weighted by molar-refractivity contribution is -0.140. The van der Waals surface area contributed by atoms with E-state index < -0.39 is 28.0 Å². The van der Waals surface area contributed by atoms with Crippen LogP contribution in [0, 0.1) is 5.92 Å². The Hall–Kier alpha value is -1.80. The van der Waals surface area contributed by atoms with Crippen molar-refractivity contribution >= 4 is 16.0 Å². The van der Waals surface area contributed by atoms with E-state index in [1.807, 2.05) is 0 Å². The van der Waals surface area contributed by atoms with Crippen LogP contribution in [0.25, 0.3) is 0 Å². The predicted octanol–water partition coefficient (Wildman–Crippen LogP) is 1.09. The lowest BCUT2D eigenvalue weighted by Crippen LogP contribution is -2.44. The van der Waals surface area contributed by atoms with Gasteiger partial charge in [0.25, 0.3) is 0 Å². The first-order chi connectivity index (χ1) is 9.74. The van der Waals surface area contributed by atoms with Crippen molar-refractivity contribution in [2.45, 2.75) is 24.8 Å². The zero-order valence-electron chi connectivity index (χ0n) is 12.3. The third-order valence-corrected chi connectivity index (χ3v) is 4.37. The molecule has 1 aromatic rings. The van der Waals surface area contributed by atoms with Crippen LogP contribution in [0.3, 0.4) is 0 Å². The van der Waals surface area contributed by atoms with Crippen LogP contribution in [0.15, 0.2) is 23.1 Å². The first-order valence-corrected chi connectivity index (χ1v) is 7.69. The molecule has 0 fully saturated rings. The number of rotatable bonds is 7. The zero-order valence-corrected chi connectivity index (χ0v) is 13.1. The maximum absolute atomic E-state index is 12.5. The summed E-state index contributed by atoms with van der Waals surface area (Å²) in [5.41, 5.74) is 0. The van der Waals surface area contributed by atoms with E-state index in [2.05, 4.69) is 4.72 Å². The summed E-state index contributed by atoms with van der Waals surface area (Å²) >= 11 is 0. The number of hydrogen-bond acceptors (Lipinski definition) is 5. The minimum Gasteiger partial charge on any atom is -0.495 e. The van der Waals surface area contributed by atoms with Crippen LogP contribution in [0.5, 0.6) is 11.5 Å². The van der Waals surface area contributed by atoms with E-state index in [1.54, 1.807) is 19.9 Å². The van der Waals surface area contributed by atoms with Crippen LogP contribution in [-0.2, 0) is 14.8 Å². The highest BCUT2D eigenvalue weighted by molar-refractivity contribution is 7.89. The van der Waals surface area contributed by atoms with Crippen molar-refractivity contribution in [3.63, 3.8) is 0 Å². The second-order valence-electron chi connectivity index (χ2n) is 4.67. The van der Waals surface area contributed by atoms with E-state index in [0.29, 0.717) is 0 Å². The van der Waals surface area contributed by atoms with Crippen molar-refractivity contribution in [3.8, 4) is 11.5 Å². The number of hydrogen-bond donors (Lipinski definition) is 2. The fraction of sp³-hybridized carbons (Fsp3) is 0.462. The van der Waals surface area contributed by atoms with E-state index >= 15 is 0 Å². The standard InChI is InChI=1S/C13H19NO6S/c1-8(2)11(13(15)16)14-21(17,18)12-9(19-3)6-5-7-10(12)20-4/h5-8,11,14H,1-4H3,(H,15,16). The average Bonchev–Trinajstić information content (AvgIpc) is 2.43. The van der Waals surface area contributed by atoms with Gasteiger partial charge in [-0.3, -0.25) is 4.79 Å². The van der Waals surface area contributed by atoms with Crippen molar-refractivity contribution in [2.75, 3.05) is 14.2 Å². The van der Waals surface area contributed by atoms with Crippen molar-refractivity contribution in [3.05, 3.63) is 18.2 Å². The molecule has 0 spiro atoms. The van der Waals surface area contributed by atoms with Gasteiger partial charge in [0, 0.05) is 0 Å². The van der Waals surface area contributed by atoms with Crippen LogP contribution >= 0.6 is 0 Å². The van der Waals surface area contributed by atoms with Crippen LogP contribution in [0.4, 0.5) is 0 Å². The summed E-state index contributed by atoms with van der Waals surface area (Å²) in [5.74, 6) is -1.51. The molecule has 0 heterocycles. The molecule has 0 aliphatic rings. The second kappa shape index (κ2) is 6.77. The summed E-state index contributed by atoms with van der Waals surface area (Å²) < 4.78 is 37.2. The molecule has 1 unspecified atom stereocenters. The first kappa shape index (κ1) is 17.3. The second-order valence-corrected chi connectivity index (χ2v) is 6.32. The molecule has 0 aliphatic carbocycles. The maximum Gasteiger partial charge on any atom is 0.322 e. The summed E-state index contributed by atoms with van der Waals surface area (Å²) in [5, 5.41) is 9.12. The number of ether oxygens (including phenoxy) is 2. The molecule has 0 saturated heterocycles. The topological polar surface area (TPSA) is 102 Å². The van der Waals surface area contributed by atoms with Gasteiger partial charge in [0.2, 0.25) is 10.0 Å². The quantitative estimate of drug-likeness (QED) is 0.780. The van der Waals surface area contributed by atoms with Crippen molar-refractivity contribution in [1.82, 2.24) is 4.72 Å². The summed E-state index contributed by atoms with van der Waals surface area (Å²) in [6.07, 6.45) is 0. The Balaban J connectivity index is 3.34. The maximum atomic E-state index is 12.5. The number of aliphatic carboxylic acids is 1. The Morgan fingerprint density at radius 1 is 1.19 bits per heavy atom. The molecule has 1 aromatic carbocycles. The van der Waals surface area contributed by atoms with E-state index in [9.17, 15) is 13.2 Å². The molecule has 118 valence electrons. The Morgan fingerprint density at radius 3 is 2.00 bits per heavy atom. The van der Waals surface area contributed by atoms with Crippen LogP contribution in [-0.4, -0.2) is 39.8 Å². The predicted molar refractivity (Wildman–Crippen MR) is 76.1 cm³/mol. The number of carboxylic acid groups (broad SMARTS) is 1. The highest BCUT2D eigenvalue weighted by atomic mass is 32.2. The first-order valence-electron chi connectivity index (χ1n) is 6.20. The van der Waals surface area contributed by atoms with Gasteiger partial charge in [0.1, 0.15) is 17.5 Å². The summed E-state index contributed by atoms with van der Waals surface area (Å²) in [4.78, 5) is 10.9. The largest absolute Gasteiger partial charge is 0.495 e. The molecule has 0 aliphatic heterocycles. The van der Waals surface area contributed by atoms with Gasteiger partial charge in [0.05, 0.1) is 14.2 Å². The molecule has 7 nitrogen and oxygen atoms in total. The Kier molecular flexibility index (Phi) is 5.56. The lowest BCUT2D eigenvalue weighted by atomic mass is 10.1. The highest BCUT2D eigenvalue weighted by Crippen LogP contribution is 2.33. The molecule has 21 heavy (non-hydrogen) atoms. The van der Waals surface area contributed by atoms with Gasteiger partial charge in [-0.1, -0.05) is 19.9 Å². The molecule has 0 aromatic heterocycles. The van der Waals surface area contributed by atoms with Crippen molar-refractivity contribution in [1.29, 1.82) is 0 Å². The van der Waals surface area contributed by atoms with Crippen LogP contribution in [0.1, 0.15) is 13.8 Å². The van der Waals surface area contributed by atoms with Gasteiger partial charge in [-0.05, 0) is 18.1 Å². The van der Waals surface area contributed by atoms with Gasteiger partial charge in [-0.25, -0.2) is 8.42 Å². The highest BCUT2D eigenvalue weighted by Gasteiger charge is 2.32. The monoisotopic (exact) mass is 317 g/mol. The van der Waals surface area contributed by atoms with Gasteiger partial charge >= 0.3 is 5.97 Å². The summed E-state index contributed by atoms with van der Waals surface area (Å²) in [6.45, 7) is 3.22. The molecule has 0 bridgehead atoms. The van der Waals surface area contributed by atoms with Gasteiger partial charge in [-0.2, -0.15) is 4.72 Å². The average molecular weight is 317 g/mol. The normalized spacial score (nSPS) is 13.0. The minimum absolute atomic E-state index is 0.0785. The molecule has 8 heteroatoms. The number of methoxy groups -OCH3 is 2. The molecular weight excluding hydrogens is 298 g/mol. The van der Waals surface area contributed by atoms with Gasteiger partial charge in [-0.15, -0.1) is 0 Å². The van der Waals surface area contributed by atoms with Crippen molar-refractivity contribution < 1.29 is 27.8 Å². The number of benzene rings is 1. The van der Waals surface area contributed by atoms with E-state index in [4.69, 9.17) is 14.6 Å². The third-order valence-electron chi connectivity index (χ3n) is 2.87. The fourth-order valence-corrected chi connectivity index (χ4v) is 3.44. The number of carbonyl (C=O) groups is 1. The molecule has 1 rings (SSSR count). The molecule has 0 amide bonds. The van der Waals surface area contributed by atoms with E-state index in [-0.39, 0.29) is 16.4 Å². The van der Waals surface area contributed by atoms with Gasteiger partial charge < -0.3 is 14.6 Å². The number of carboxylic acids is 1. The Labute approximate surface area is 123 Å². The molecule has 1 atom stereocenters. The summed E-state index contributed by atoms with van der Waals surface area (Å²) in [6, 6.07) is 3.25. The number of sulfonamides is 1.